The second-order valence-corrected chi connectivity index (χ2v) is 5.62. The molecule has 0 aliphatic heterocycles. The zero-order chi connectivity index (χ0) is 16.2. The summed E-state index contributed by atoms with van der Waals surface area (Å²) < 4.78 is 1.52. The van der Waals surface area contributed by atoms with Crippen molar-refractivity contribution in [3.63, 3.8) is 0 Å². The number of anilines is 1. The van der Waals surface area contributed by atoms with Crippen LogP contribution in [0.4, 0.5) is 5.69 Å². The van der Waals surface area contributed by atoms with Crippen molar-refractivity contribution in [2.24, 2.45) is 0 Å². The van der Waals surface area contributed by atoms with Crippen LogP contribution in [0.3, 0.4) is 0 Å². The predicted octanol–water partition coefficient (Wildman–Crippen LogP) is 3.02. The van der Waals surface area contributed by atoms with Crippen molar-refractivity contribution in [1.82, 2.24) is 9.78 Å². The van der Waals surface area contributed by atoms with Gasteiger partial charge in [0.05, 0.1) is 12.2 Å². The Hall–Kier alpha value is -2.88. The van der Waals surface area contributed by atoms with Gasteiger partial charge in [-0.1, -0.05) is 60.7 Å². The Labute approximate surface area is 135 Å². The van der Waals surface area contributed by atoms with E-state index in [2.05, 4.69) is 5.10 Å². The van der Waals surface area contributed by atoms with E-state index in [0.29, 0.717) is 6.54 Å². The largest absolute Gasteiger partial charge is 0.376 e. The van der Waals surface area contributed by atoms with Crippen LogP contribution in [0.15, 0.2) is 71.5 Å². The van der Waals surface area contributed by atoms with Crippen LogP contribution in [0.2, 0.25) is 0 Å². The monoisotopic (exact) mass is 305 g/mol. The van der Waals surface area contributed by atoms with E-state index < -0.39 is 0 Å². The summed E-state index contributed by atoms with van der Waals surface area (Å²) in [4.78, 5) is 14.3. The van der Waals surface area contributed by atoms with Crippen molar-refractivity contribution in [1.29, 1.82) is 0 Å². The Kier molecular flexibility index (Phi) is 4.24. The van der Waals surface area contributed by atoms with E-state index in [-0.39, 0.29) is 5.56 Å². The molecule has 0 fully saturated rings. The van der Waals surface area contributed by atoms with Gasteiger partial charge in [0.25, 0.3) is 5.56 Å². The molecule has 0 aliphatic carbocycles. The van der Waals surface area contributed by atoms with Crippen molar-refractivity contribution in [2.75, 3.05) is 19.0 Å². The molecule has 116 valence electrons. The summed E-state index contributed by atoms with van der Waals surface area (Å²) in [6.07, 6.45) is 0. The van der Waals surface area contributed by atoms with Crippen molar-refractivity contribution in [2.45, 2.75) is 6.54 Å². The highest BCUT2D eigenvalue weighted by Crippen LogP contribution is 2.25. The Morgan fingerprint density at radius 2 is 1.57 bits per heavy atom. The van der Waals surface area contributed by atoms with Crippen LogP contribution in [-0.2, 0) is 6.54 Å². The topological polar surface area (TPSA) is 38.1 Å². The highest BCUT2D eigenvalue weighted by molar-refractivity contribution is 5.73. The lowest BCUT2D eigenvalue weighted by molar-refractivity contribution is 0.642. The number of benzene rings is 2. The Morgan fingerprint density at radius 1 is 0.957 bits per heavy atom. The van der Waals surface area contributed by atoms with Gasteiger partial charge in [-0.2, -0.15) is 5.10 Å². The van der Waals surface area contributed by atoms with Crippen molar-refractivity contribution >= 4 is 5.69 Å². The lowest BCUT2D eigenvalue weighted by Crippen LogP contribution is -2.26. The Balaban J connectivity index is 2.10. The van der Waals surface area contributed by atoms with Crippen molar-refractivity contribution < 1.29 is 0 Å². The zero-order valence-electron chi connectivity index (χ0n) is 13.3. The molecular weight excluding hydrogens is 286 g/mol. The van der Waals surface area contributed by atoms with E-state index >= 15 is 0 Å². The highest BCUT2D eigenvalue weighted by atomic mass is 16.1. The van der Waals surface area contributed by atoms with Crippen LogP contribution in [0, 0.1) is 0 Å². The molecule has 1 heterocycles. The van der Waals surface area contributed by atoms with Gasteiger partial charge in [-0.25, -0.2) is 4.68 Å². The van der Waals surface area contributed by atoms with Crippen LogP contribution in [-0.4, -0.2) is 23.9 Å². The maximum Gasteiger partial charge on any atom is 0.269 e. The molecular formula is C19H19N3O. The van der Waals surface area contributed by atoms with Gasteiger partial charge in [-0.15, -0.1) is 0 Å². The lowest BCUT2D eigenvalue weighted by atomic mass is 10.1. The van der Waals surface area contributed by atoms with Crippen molar-refractivity contribution in [3.05, 3.63) is 82.6 Å². The average Bonchev–Trinajstić information content (AvgIpc) is 2.58. The number of hydrogen-bond donors (Lipinski definition) is 0. The minimum atomic E-state index is -0.0998. The SMILES string of the molecule is CN(C)c1cc(=O)n(Cc2ccccc2)nc1-c1ccccc1. The Morgan fingerprint density at radius 3 is 2.17 bits per heavy atom. The molecule has 0 spiro atoms. The van der Waals surface area contributed by atoms with E-state index in [9.17, 15) is 4.79 Å². The second-order valence-electron chi connectivity index (χ2n) is 5.62. The number of nitrogens with zero attached hydrogens (tertiary/aromatic N) is 3. The summed E-state index contributed by atoms with van der Waals surface area (Å²) in [5.74, 6) is 0. The fourth-order valence-electron chi connectivity index (χ4n) is 2.49. The minimum Gasteiger partial charge on any atom is -0.376 e. The van der Waals surface area contributed by atoms with Gasteiger partial charge >= 0.3 is 0 Å². The van der Waals surface area contributed by atoms with Gasteiger partial charge < -0.3 is 4.90 Å². The highest BCUT2D eigenvalue weighted by Gasteiger charge is 2.12. The number of aromatic nitrogens is 2. The van der Waals surface area contributed by atoms with Crippen LogP contribution < -0.4 is 10.5 Å². The molecule has 3 rings (SSSR count). The van der Waals surface area contributed by atoms with E-state index in [0.717, 1.165) is 22.5 Å². The van der Waals surface area contributed by atoms with Crippen LogP contribution in [0.5, 0.6) is 0 Å². The fourth-order valence-corrected chi connectivity index (χ4v) is 2.49. The number of rotatable bonds is 4. The summed E-state index contributed by atoms with van der Waals surface area (Å²) in [5.41, 5.74) is 3.59. The molecule has 0 atom stereocenters. The van der Waals surface area contributed by atoms with Crippen LogP contribution >= 0.6 is 0 Å². The lowest BCUT2D eigenvalue weighted by Gasteiger charge is -2.18. The first-order valence-electron chi connectivity index (χ1n) is 7.54. The standard InChI is InChI=1S/C19H19N3O/c1-21(2)17-13-18(23)22(14-15-9-5-3-6-10-15)20-19(17)16-11-7-4-8-12-16/h3-13H,14H2,1-2H3. The summed E-state index contributed by atoms with van der Waals surface area (Å²) >= 11 is 0. The van der Waals surface area contributed by atoms with Gasteiger partial charge in [-0.3, -0.25) is 4.79 Å². The first-order valence-corrected chi connectivity index (χ1v) is 7.54. The molecule has 0 amide bonds. The third-order valence-electron chi connectivity index (χ3n) is 3.68. The molecule has 0 saturated carbocycles. The molecule has 0 saturated heterocycles. The smallest absolute Gasteiger partial charge is 0.269 e. The molecule has 4 nitrogen and oxygen atoms in total. The summed E-state index contributed by atoms with van der Waals surface area (Å²) in [6.45, 7) is 0.465. The van der Waals surface area contributed by atoms with E-state index in [1.807, 2.05) is 79.7 Å². The zero-order valence-corrected chi connectivity index (χ0v) is 13.3. The average molecular weight is 305 g/mol. The molecule has 0 unspecified atom stereocenters. The Bertz CT molecular complexity index is 839. The normalized spacial score (nSPS) is 10.5. The van der Waals surface area contributed by atoms with Gasteiger partial charge in [0.15, 0.2) is 0 Å². The first-order chi connectivity index (χ1) is 11.1. The van der Waals surface area contributed by atoms with E-state index in [1.165, 1.54) is 4.68 Å². The molecule has 3 aromatic rings. The second kappa shape index (κ2) is 6.48. The van der Waals surface area contributed by atoms with E-state index in [1.54, 1.807) is 6.07 Å². The van der Waals surface area contributed by atoms with E-state index in [4.69, 9.17) is 0 Å². The molecule has 4 heteroatoms. The third kappa shape index (κ3) is 3.31. The molecule has 0 bridgehead atoms. The molecule has 0 radical (unpaired) electrons. The number of hydrogen-bond acceptors (Lipinski definition) is 3. The summed E-state index contributed by atoms with van der Waals surface area (Å²) in [5, 5.41) is 4.62. The van der Waals surface area contributed by atoms with Gasteiger partial charge in [0.1, 0.15) is 5.69 Å². The molecule has 1 aromatic heterocycles. The fraction of sp³-hybridized carbons (Fsp3) is 0.158. The van der Waals surface area contributed by atoms with Crippen LogP contribution in [0.25, 0.3) is 11.3 Å². The quantitative estimate of drug-likeness (QED) is 0.743. The van der Waals surface area contributed by atoms with Crippen LogP contribution in [0.1, 0.15) is 5.56 Å². The van der Waals surface area contributed by atoms with Crippen molar-refractivity contribution in [3.8, 4) is 11.3 Å². The molecule has 23 heavy (non-hydrogen) atoms. The summed E-state index contributed by atoms with van der Waals surface area (Å²) in [7, 11) is 3.84. The van der Waals surface area contributed by atoms with Gasteiger partial charge in [0, 0.05) is 25.7 Å². The molecule has 0 aliphatic rings. The third-order valence-corrected chi connectivity index (χ3v) is 3.68. The predicted molar refractivity (Wildman–Crippen MR) is 93.8 cm³/mol. The molecule has 2 aromatic carbocycles. The molecule has 0 N–H and O–H groups in total. The summed E-state index contributed by atoms with van der Waals surface area (Å²) in [6, 6.07) is 21.5. The van der Waals surface area contributed by atoms with Gasteiger partial charge in [-0.05, 0) is 5.56 Å². The van der Waals surface area contributed by atoms with Gasteiger partial charge in [0.2, 0.25) is 0 Å². The maximum absolute atomic E-state index is 12.4. The maximum atomic E-state index is 12.4. The first kappa shape index (κ1) is 15.0. The minimum absolute atomic E-state index is 0.0998.